The maximum absolute atomic E-state index is 4.11. The van der Waals surface area contributed by atoms with Crippen molar-refractivity contribution in [3.63, 3.8) is 0 Å². The Morgan fingerprint density at radius 1 is 1.47 bits per heavy atom. The molecule has 3 nitrogen and oxygen atoms in total. The highest BCUT2D eigenvalue weighted by Crippen LogP contribution is 2.36. The van der Waals surface area contributed by atoms with E-state index < -0.39 is 0 Å². The predicted octanol–water partition coefficient (Wildman–Crippen LogP) is 2.09. The predicted molar refractivity (Wildman–Crippen MR) is 61.5 cm³/mol. The van der Waals surface area contributed by atoms with E-state index in [0.29, 0.717) is 5.41 Å². The molecule has 15 heavy (non-hydrogen) atoms. The average molecular weight is 207 g/mol. The second kappa shape index (κ2) is 4.35. The Morgan fingerprint density at radius 2 is 2.20 bits per heavy atom. The van der Waals surface area contributed by atoms with Gasteiger partial charge in [-0.1, -0.05) is 19.8 Å². The molecular weight excluding hydrogens is 186 g/mol. The van der Waals surface area contributed by atoms with Crippen LogP contribution in [0.5, 0.6) is 0 Å². The highest BCUT2D eigenvalue weighted by Gasteiger charge is 2.27. The van der Waals surface area contributed by atoms with Crippen molar-refractivity contribution in [2.75, 3.05) is 6.54 Å². The lowest BCUT2D eigenvalue weighted by Crippen LogP contribution is -2.29. The quantitative estimate of drug-likeness (QED) is 0.819. The van der Waals surface area contributed by atoms with E-state index in [-0.39, 0.29) is 0 Å². The number of aromatic nitrogens is 2. The van der Waals surface area contributed by atoms with Gasteiger partial charge in [0.2, 0.25) is 0 Å². The molecule has 0 saturated heterocycles. The van der Waals surface area contributed by atoms with Crippen LogP contribution in [-0.4, -0.2) is 16.1 Å². The number of hydrogen-bond donors (Lipinski definition) is 1. The van der Waals surface area contributed by atoms with Crippen LogP contribution in [-0.2, 0) is 13.6 Å². The van der Waals surface area contributed by atoms with Crippen molar-refractivity contribution in [1.29, 1.82) is 0 Å². The lowest BCUT2D eigenvalue weighted by Gasteiger charge is -2.23. The van der Waals surface area contributed by atoms with E-state index in [2.05, 4.69) is 21.8 Å². The zero-order valence-electron chi connectivity index (χ0n) is 9.79. The minimum atomic E-state index is 0.540. The standard InChI is InChI=1S/C12H21N3/c1-12(5-3-4-6-12)9-13-7-11-8-14-10-15(11)2/h8,10,13H,3-7,9H2,1-2H3. The number of nitrogens with one attached hydrogen (secondary N) is 1. The van der Waals surface area contributed by atoms with Crippen LogP contribution in [0.1, 0.15) is 38.3 Å². The topological polar surface area (TPSA) is 29.9 Å². The third-order valence-electron chi connectivity index (χ3n) is 3.59. The van der Waals surface area contributed by atoms with Gasteiger partial charge in [-0.25, -0.2) is 4.98 Å². The monoisotopic (exact) mass is 207 g/mol. The second-order valence-corrected chi connectivity index (χ2v) is 5.12. The highest BCUT2D eigenvalue weighted by molar-refractivity contribution is 4.97. The Kier molecular flexibility index (Phi) is 3.10. The van der Waals surface area contributed by atoms with Crippen LogP contribution >= 0.6 is 0 Å². The molecule has 0 amide bonds. The Hall–Kier alpha value is -0.830. The third kappa shape index (κ3) is 2.59. The molecule has 1 aromatic heterocycles. The van der Waals surface area contributed by atoms with Crippen molar-refractivity contribution in [2.45, 2.75) is 39.2 Å². The van der Waals surface area contributed by atoms with Crippen molar-refractivity contribution in [1.82, 2.24) is 14.9 Å². The molecular formula is C12H21N3. The van der Waals surface area contributed by atoms with Gasteiger partial charge in [0.15, 0.2) is 0 Å². The fraction of sp³-hybridized carbons (Fsp3) is 0.750. The summed E-state index contributed by atoms with van der Waals surface area (Å²) in [5, 5.41) is 3.55. The minimum Gasteiger partial charge on any atom is -0.337 e. The van der Waals surface area contributed by atoms with E-state index in [1.165, 1.54) is 31.4 Å². The molecule has 1 heterocycles. The van der Waals surface area contributed by atoms with Crippen LogP contribution in [0, 0.1) is 5.41 Å². The Bertz CT molecular complexity index is 310. The Labute approximate surface area is 91.9 Å². The van der Waals surface area contributed by atoms with Gasteiger partial charge in [0.25, 0.3) is 0 Å². The summed E-state index contributed by atoms with van der Waals surface area (Å²) < 4.78 is 2.07. The molecule has 84 valence electrons. The van der Waals surface area contributed by atoms with E-state index in [1.807, 2.05) is 19.6 Å². The first-order valence-corrected chi connectivity index (χ1v) is 5.86. The number of rotatable bonds is 4. The highest BCUT2D eigenvalue weighted by atomic mass is 15.0. The first kappa shape index (κ1) is 10.7. The van der Waals surface area contributed by atoms with E-state index in [0.717, 1.165) is 13.1 Å². The van der Waals surface area contributed by atoms with Gasteiger partial charge in [0.05, 0.1) is 12.0 Å². The molecule has 0 unspecified atom stereocenters. The average Bonchev–Trinajstić information content (AvgIpc) is 2.78. The lowest BCUT2D eigenvalue weighted by atomic mass is 9.89. The Balaban J connectivity index is 1.77. The summed E-state index contributed by atoms with van der Waals surface area (Å²) in [5.41, 5.74) is 1.80. The van der Waals surface area contributed by atoms with Crippen molar-refractivity contribution in [2.24, 2.45) is 12.5 Å². The number of nitrogens with zero attached hydrogens (tertiary/aromatic N) is 2. The second-order valence-electron chi connectivity index (χ2n) is 5.12. The van der Waals surface area contributed by atoms with Crippen molar-refractivity contribution >= 4 is 0 Å². The lowest BCUT2D eigenvalue weighted by molar-refractivity contribution is 0.313. The summed E-state index contributed by atoms with van der Waals surface area (Å²) in [6, 6.07) is 0. The van der Waals surface area contributed by atoms with Crippen molar-refractivity contribution < 1.29 is 0 Å². The van der Waals surface area contributed by atoms with Crippen LogP contribution in [0.4, 0.5) is 0 Å². The van der Waals surface area contributed by atoms with Gasteiger partial charge in [-0.15, -0.1) is 0 Å². The van der Waals surface area contributed by atoms with Crippen LogP contribution in [0.25, 0.3) is 0 Å². The molecule has 3 heteroatoms. The van der Waals surface area contributed by atoms with Gasteiger partial charge in [0, 0.05) is 26.3 Å². The summed E-state index contributed by atoms with van der Waals surface area (Å²) in [5.74, 6) is 0. The molecule has 1 aliphatic rings. The molecule has 1 aromatic rings. The SMILES string of the molecule is Cn1cncc1CNCC1(C)CCCC1. The van der Waals surface area contributed by atoms with E-state index in [9.17, 15) is 0 Å². The normalized spacial score (nSPS) is 19.6. The van der Waals surface area contributed by atoms with Gasteiger partial charge < -0.3 is 9.88 Å². The van der Waals surface area contributed by atoms with Gasteiger partial charge in [-0.2, -0.15) is 0 Å². The first-order valence-electron chi connectivity index (χ1n) is 5.86. The molecule has 0 spiro atoms. The van der Waals surface area contributed by atoms with E-state index in [4.69, 9.17) is 0 Å². The summed E-state index contributed by atoms with van der Waals surface area (Å²) in [7, 11) is 2.04. The maximum Gasteiger partial charge on any atom is 0.0945 e. The fourth-order valence-corrected chi connectivity index (χ4v) is 2.45. The van der Waals surface area contributed by atoms with E-state index >= 15 is 0 Å². The van der Waals surface area contributed by atoms with Crippen molar-refractivity contribution in [3.05, 3.63) is 18.2 Å². The molecule has 0 aromatic carbocycles. The zero-order chi connectivity index (χ0) is 10.7. The van der Waals surface area contributed by atoms with Gasteiger partial charge in [0.1, 0.15) is 0 Å². The molecule has 1 fully saturated rings. The largest absolute Gasteiger partial charge is 0.337 e. The number of aryl methyl sites for hydroxylation is 1. The molecule has 1 saturated carbocycles. The summed E-state index contributed by atoms with van der Waals surface area (Å²) in [4.78, 5) is 4.11. The Morgan fingerprint density at radius 3 is 2.80 bits per heavy atom. The van der Waals surface area contributed by atoms with Crippen LogP contribution in [0.2, 0.25) is 0 Å². The molecule has 0 aliphatic heterocycles. The number of hydrogen-bond acceptors (Lipinski definition) is 2. The number of imidazole rings is 1. The van der Waals surface area contributed by atoms with Gasteiger partial charge in [-0.3, -0.25) is 0 Å². The molecule has 1 N–H and O–H groups in total. The van der Waals surface area contributed by atoms with Crippen molar-refractivity contribution in [3.8, 4) is 0 Å². The smallest absolute Gasteiger partial charge is 0.0945 e. The molecule has 0 bridgehead atoms. The summed E-state index contributed by atoms with van der Waals surface area (Å²) in [6.45, 7) is 4.47. The van der Waals surface area contributed by atoms with Crippen LogP contribution < -0.4 is 5.32 Å². The van der Waals surface area contributed by atoms with Gasteiger partial charge in [-0.05, 0) is 18.3 Å². The first-order chi connectivity index (χ1) is 7.20. The summed E-state index contributed by atoms with van der Waals surface area (Å²) in [6.07, 6.45) is 9.36. The third-order valence-corrected chi connectivity index (χ3v) is 3.59. The fourth-order valence-electron chi connectivity index (χ4n) is 2.45. The van der Waals surface area contributed by atoms with Crippen LogP contribution in [0.15, 0.2) is 12.5 Å². The van der Waals surface area contributed by atoms with E-state index in [1.54, 1.807) is 0 Å². The zero-order valence-corrected chi connectivity index (χ0v) is 9.79. The molecule has 0 radical (unpaired) electrons. The van der Waals surface area contributed by atoms with Crippen LogP contribution in [0.3, 0.4) is 0 Å². The molecule has 1 aliphatic carbocycles. The minimum absolute atomic E-state index is 0.540. The molecule has 2 rings (SSSR count). The molecule has 0 atom stereocenters. The summed E-state index contributed by atoms with van der Waals surface area (Å²) >= 11 is 0. The maximum atomic E-state index is 4.11. The van der Waals surface area contributed by atoms with Gasteiger partial charge >= 0.3 is 0 Å².